The number of halogens is 3. The number of anilines is 1. The molecular formula is C19H19F3N4O. The Bertz CT molecular complexity index is 924. The van der Waals surface area contributed by atoms with Gasteiger partial charge in [-0.05, 0) is 55.5 Å². The molecule has 3 heterocycles. The minimum atomic E-state index is -4.79. The quantitative estimate of drug-likeness (QED) is 0.843. The molecule has 1 aromatic carbocycles. The molecular weight excluding hydrogens is 357 g/mol. The van der Waals surface area contributed by atoms with Crippen LogP contribution in [0, 0.1) is 6.92 Å². The molecule has 0 amide bonds. The Hall–Kier alpha value is -2.61. The normalized spacial score (nSPS) is 20.7. The number of hydrazone groups is 1. The number of alkyl halides is 3. The molecule has 0 spiro atoms. The summed E-state index contributed by atoms with van der Waals surface area (Å²) in [6, 6.07) is 5.79. The summed E-state index contributed by atoms with van der Waals surface area (Å²) in [6.07, 6.45) is 1.46. The van der Waals surface area contributed by atoms with Gasteiger partial charge in [-0.3, -0.25) is 10.4 Å². The van der Waals surface area contributed by atoms with Gasteiger partial charge in [-0.15, -0.1) is 0 Å². The third kappa shape index (κ3) is 2.75. The van der Waals surface area contributed by atoms with Gasteiger partial charge < -0.3 is 10.0 Å². The Labute approximate surface area is 154 Å². The number of aryl methyl sites for hydroxylation is 1. The predicted molar refractivity (Wildman–Crippen MR) is 96.3 cm³/mol. The van der Waals surface area contributed by atoms with Crippen molar-refractivity contribution in [3.63, 3.8) is 0 Å². The van der Waals surface area contributed by atoms with Gasteiger partial charge in [-0.25, -0.2) is 0 Å². The molecule has 4 rings (SSSR count). The fraction of sp³-hybridized carbons (Fsp3) is 0.368. The van der Waals surface area contributed by atoms with Gasteiger partial charge in [0.1, 0.15) is 12.5 Å². The number of fused-ring (bicyclic) bond motifs is 3. The van der Waals surface area contributed by atoms with Gasteiger partial charge in [0.2, 0.25) is 0 Å². The van der Waals surface area contributed by atoms with E-state index in [9.17, 15) is 18.3 Å². The van der Waals surface area contributed by atoms with E-state index in [1.165, 1.54) is 6.20 Å². The van der Waals surface area contributed by atoms with Crippen LogP contribution in [0.3, 0.4) is 0 Å². The van der Waals surface area contributed by atoms with E-state index >= 15 is 0 Å². The molecule has 1 aromatic heterocycles. The largest absolute Gasteiger partial charge is 0.421 e. The molecule has 2 aliphatic heterocycles. The number of hydrogen-bond acceptors (Lipinski definition) is 5. The lowest BCUT2D eigenvalue weighted by molar-refractivity contribution is -0.259. The topological polar surface area (TPSA) is 60.8 Å². The summed E-state index contributed by atoms with van der Waals surface area (Å²) in [7, 11) is 0. The highest BCUT2D eigenvalue weighted by Gasteiger charge is 2.52. The summed E-state index contributed by atoms with van der Waals surface area (Å²) < 4.78 is 39.8. The van der Waals surface area contributed by atoms with Crippen molar-refractivity contribution in [2.24, 2.45) is 5.10 Å². The number of aromatic nitrogens is 1. The van der Waals surface area contributed by atoms with Gasteiger partial charge in [0.05, 0.1) is 0 Å². The van der Waals surface area contributed by atoms with E-state index in [0.29, 0.717) is 11.1 Å². The number of nitrogens with zero attached hydrogens (tertiary/aromatic N) is 3. The molecule has 0 saturated heterocycles. The maximum absolute atomic E-state index is 13.3. The zero-order valence-electron chi connectivity index (χ0n) is 14.9. The summed E-state index contributed by atoms with van der Waals surface area (Å²) >= 11 is 0. The van der Waals surface area contributed by atoms with Gasteiger partial charge >= 0.3 is 6.18 Å². The summed E-state index contributed by atoms with van der Waals surface area (Å²) in [4.78, 5) is 6.02. The number of hydrogen-bond donors (Lipinski definition) is 2. The van der Waals surface area contributed by atoms with Crippen LogP contribution in [0.25, 0.3) is 11.1 Å². The van der Waals surface area contributed by atoms with E-state index in [-0.39, 0.29) is 11.7 Å². The molecule has 8 heteroatoms. The highest BCUT2D eigenvalue weighted by atomic mass is 19.4. The molecule has 0 saturated carbocycles. The molecule has 2 aromatic rings. The Balaban J connectivity index is 1.77. The lowest BCUT2D eigenvalue weighted by Gasteiger charge is -2.31. The zero-order valence-corrected chi connectivity index (χ0v) is 14.9. The number of pyridine rings is 1. The molecule has 142 valence electrons. The van der Waals surface area contributed by atoms with E-state index < -0.39 is 11.8 Å². The molecule has 2 N–H and O–H groups in total. The lowest BCUT2D eigenvalue weighted by Crippen LogP contribution is -2.40. The molecule has 1 unspecified atom stereocenters. The number of benzene rings is 1. The molecule has 27 heavy (non-hydrogen) atoms. The van der Waals surface area contributed by atoms with E-state index in [0.717, 1.165) is 42.8 Å². The Kier molecular flexibility index (Phi) is 3.92. The molecule has 2 atom stereocenters. The first-order valence-corrected chi connectivity index (χ1v) is 8.64. The smallest absolute Gasteiger partial charge is 0.376 e. The molecule has 5 nitrogen and oxygen atoms in total. The zero-order chi connectivity index (χ0) is 19.4. The highest BCUT2D eigenvalue weighted by Crippen LogP contribution is 2.42. The Morgan fingerprint density at radius 2 is 2.04 bits per heavy atom. The summed E-state index contributed by atoms with van der Waals surface area (Å²) in [5, 5.41) is 14.2. The van der Waals surface area contributed by atoms with Crippen LogP contribution in [0.15, 0.2) is 35.7 Å². The van der Waals surface area contributed by atoms with Crippen LogP contribution in [-0.2, 0) is 12.0 Å². The van der Waals surface area contributed by atoms with Crippen molar-refractivity contribution < 1.29 is 18.3 Å². The van der Waals surface area contributed by atoms with Crippen LogP contribution in [0.2, 0.25) is 0 Å². The van der Waals surface area contributed by atoms with Crippen LogP contribution in [0.4, 0.5) is 18.9 Å². The van der Waals surface area contributed by atoms with Gasteiger partial charge in [-0.2, -0.15) is 18.3 Å². The monoisotopic (exact) mass is 376 g/mol. The molecule has 2 aliphatic rings. The maximum Gasteiger partial charge on any atom is 0.421 e. The summed E-state index contributed by atoms with van der Waals surface area (Å²) in [5.41, 5.74) is 3.71. The first-order chi connectivity index (χ1) is 12.7. The van der Waals surface area contributed by atoms with Crippen LogP contribution >= 0.6 is 0 Å². The minimum absolute atomic E-state index is 0.150. The summed E-state index contributed by atoms with van der Waals surface area (Å²) in [5.74, 6) is 0. The second kappa shape index (κ2) is 5.95. The first kappa shape index (κ1) is 17.8. The Morgan fingerprint density at radius 1 is 1.26 bits per heavy atom. The van der Waals surface area contributed by atoms with Crippen molar-refractivity contribution in [1.29, 1.82) is 0 Å². The van der Waals surface area contributed by atoms with Crippen molar-refractivity contribution >= 4 is 12.0 Å². The number of nitrogens with one attached hydrogen (secondary N) is 1. The SMILES string of the molecule is Cc1c(-c2ccc3c(c2)CCC2NN=CN32)cncc1[C@](C)(O)C(F)(F)F. The second-order valence-electron chi connectivity index (χ2n) is 7.11. The van der Waals surface area contributed by atoms with Gasteiger partial charge in [0, 0.05) is 29.2 Å². The fourth-order valence-electron chi connectivity index (χ4n) is 3.71. The van der Waals surface area contributed by atoms with Crippen molar-refractivity contribution in [1.82, 2.24) is 10.4 Å². The standard InChI is InChI=1S/C19H19F3N4O/c1-11-14(8-23-9-15(11)18(2,27)19(20,21)22)12-3-5-16-13(7-12)4-6-17-25-24-10-26(16)17/h3,5,7-10,17,25,27H,4,6H2,1-2H3/t17?,18-/m0/s1. The average Bonchev–Trinajstić information content (AvgIpc) is 3.09. The van der Waals surface area contributed by atoms with E-state index in [1.54, 1.807) is 13.3 Å². The third-order valence-electron chi connectivity index (χ3n) is 5.39. The van der Waals surface area contributed by atoms with E-state index in [1.807, 2.05) is 18.2 Å². The summed E-state index contributed by atoms with van der Waals surface area (Å²) in [6.45, 7) is 2.34. The van der Waals surface area contributed by atoms with Crippen molar-refractivity contribution in [2.75, 3.05) is 4.90 Å². The third-order valence-corrected chi connectivity index (χ3v) is 5.39. The van der Waals surface area contributed by atoms with Crippen molar-refractivity contribution in [2.45, 2.75) is 44.6 Å². The van der Waals surface area contributed by atoms with Crippen LogP contribution in [0.5, 0.6) is 0 Å². The van der Waals surface area contributed by atoms with E-state index in [2.05, 4.69) is 20.4 Å². The molecule has 0 aliphatic carbocycles. The molecule has 0 bridgehead atoms. The average molecular weight is 376 g/mol. The van der Waals surface area contributed by atoms with Crippen molar-refractivity contribution in [3.8, 4) is 11.1 Å². The van der Waals surface area contributed by atoms with Gasteiger partial charge in [0.25, 0.3) is 0 Å². The van der Waals surface area contributed by atoms with Gasteiger partial charge in [-0.1, -0.05) is 6.07 Å². The van der Waals surface area contributed by atoms with Gasteiger partial charge in [0.15, 0.2) is 5.60 Å². The molecule has 0 radical (unpaired) electrons. The maximum atomic E-state index is 13.3. The molecule has 0 fully saturated rings. The number of aliphatic hydroxyl groups is 1. The van der Waals surface area contributed by atoms with Crippen LogP contribution < -0.4 is 10.3 Å². The number of rotatable bonds is 2. The van der Waals surface area contributed by atoms with E-state index in [4.69, 9.17) is 0 Å². The predicted octanol–water partition coefficient (Wildman–Crippen LogP) is 3.45. The highest BCUT2D eigenvalue weighted by molar-refractivity contribution is 5.85. The Morgan fingerprint density at radius 3 is 2.78 bits per heavy atom. The second-order valence-corrected chi connectivity index (χ2v) is 7.11. The first-order valence-electron chi connectivity index (χ1n) is 8.64. The van der Waals surface area contributed by atoms with Crippen LogP contribution in [-0.4, -0.2) is 28.8 Å². The van der Waals surface area contributed by atoms with Crippen LogP contribution in [0.1, 0.15) is 30.0 Å². The lowest BCUT2D eigenvalue weighted by atomic mass is 9.88. The minimum Gasteiger partial charge on any atom is -0.376 e. The fourth-order valence-corrected chi connectivity index (χ4v) is 3.71. The van der Waals surface area contributed by atoms with Crippen molar-refractivity contribution in [3.05, 3.63) is 47.3 Å².